The van der Waals surface area contributed by atoms with Crippen molar-refractivity contribution in [1.29, 1.82) is 0 Å². The first kappa shape index (κ1) is 12.2. The minimum atomic E-state index is -0.00535. The summed E-state index contributed by atoms with van der Waals surface area (Å²) in [5, 5.41) is 3.80. The van der Waals surface area contributed by atoms with Crippen LogP contribution >= 0.6 is 0 Å². The first-order valence-electron chi connectivity index (χ1n) is 7.40. The van der Waals surface area contributed by atoms with E-state index in [1.54, 1.807) is 12.7 Å². The van der Waals surface area contributed by atoms with Gasteiger partial charge < -0.3 is 10.1 Å². The number of fused-ring (bicyclic) bond motifs is 1. The van der Waals surface area contributed by atoms with Crippen LogP contribution in [0.1, 0.15) is 31.0 Å². The molecule has 1 aromatic heterocycles. The fourth-order valence-corrected chi connectivity index (χ4v) is 4.19. The number of methoxy groups -OCH3 is 1. The van der Waals surface area contributed by atoms with Crippen LogP contribution in [0.25, 0.3) is 0 Å². The third kappa shape index (κ3) is 1.53. The van der Waals surface area contributed by atoms with Gasteiger partial charge in [0.25, 0.3) is 0 Å². The Labute approximate surface area is 119 Å². The van der Waals surface area contributed by atoms with E-state index in [9.17, 15) is 0 Å². The van der Waals surface area contributed by atoms with Gasteiger partial charge in [-0.2, -0.15) is 0 Å². The van der Waals surface area contributed by atoms with Gasteiger partial charge in [0.15, 0.2) is 0 Å². The summed E-state index contributed by atoms with van der Waals surface area (Å²) in [7, 11) is 1.69. The van der Waals surface area contributed by atoms with Crippen molar-refractivity contribution in [1.82, 2.24) is 10.3 Å². The molecule has 2 atom stereocenters. The lowest BCUT2D eigenvalue weighted by atomic mass is 9.62. The van der Waals surface area contributed by atoms with Crippen molar-refractivity contribution in [3.05, 3.63) is 46.7 Å². The second-order valence-corrected chi connectivity index (χ2v) is 6.13. The lowest BCUT2D eigenvalue weighted by Gasteiger charge is -2.50. The summed E-state index contributed by atoms with van der Waals surface area (Å²) < 4.78 is 5.30. The van der Waals surface area contributed by atoms with Crippen molar-refractivity contribution in [3.63, 3.8) is 0 Å². The molecule has 0 saturated carbocycles. The van der Waals surface area contributed by atoms with Crippen LogP contribution in [-0.2, 0) is 12.0 Å². The molecule has 2 bridgehead atoms. The number of nitrogens with one attached hydrogen (secondary N) is 1. The van der Waals surface area contributed by atoms with E-state index in [1.807, 2.05) is 6.07 Å². The van der Waals surface area contributed by atoms with Crippen molar-refractivity contribution >= 4 is 0 Å². The van der Waals surface area contributed by atoms with Crippen molar-refractivity contribution in [2.45, 2.75) is 31.7 Å². The van der Waals surface area contributed by atoms with Crippen LogP contribution in [0.15, 0.2) is 35.4 Å². The number of aromatic nitrogens is 1. The van der Waals surface area contributed by atoms with E-state index >= 15 is 0 Å². The standard InChI is InChI=1S/C17H20N2O/c1-11-8-12-9-15-14(5-6-16(19-15)20-2)17(10-11)13(12)4-3-7-18-17/h4-6,8,12,18H,3,7,9-10H2,1-2H3/t12-,17+/m0/s1. The van der Waals surface area contributed by atoms with Crippen molar-refractivity contribution in [2.75, 3.05) is 13.7 Å². The van der Waals surface area contributed by atoms with E-state index in [0.717, 1.165) is 31.7 Å². The molecule has 3 nitrogen and oxygen atoms in total. The molecule has 4 rings (SSSR count). The predicted octanol–water partition coefficient (Wildman–Crippen LogP) is 2.73. The summed E-state index contributed by atoms with van der Waals surface area (Å²) >= 11 is 0. The largest absolute Gasteiger partial charge is 0.481 e. The Morgan fingerprint density at radius 3 is 3.15 bits per heavy atom. The molecule has 0 radical (unpaired) electrons. The lowest BCUT2D eigenvalue weighted by molar-refractivity contribution is 0.307. The Morgan fingerprint density at radius 1 is 1.40 bits per heavy atom. The van der Waals surface area contributed by atoms with E-state index in [1.165, 1.54) is 16.8 Å². The van der Waals surface area contributed by atoms with Gasteiger partial charge in [-0.1, -0.05) is 17.7 Å². The molecule has 2 heterocycles. The van der Waals surface area contributed by atoms with Crippen molar-refractivity contribution in [2.24, 2.45) is 5.92 Å². The highest BCUT2D eigenvalue weighted by Crippen LogP contribution is 2.51. The molecule has 20 heavy (non-hydrogen) atoms. The van der Waals surface area contributed by atoms with Crippen LogP contribution in [0.4, 0.5) is 0 Å². The highest BCUT2D eigenvalue weighted by atomic mass is 16.5. The zero-order chi connectivity index (χ0) is 13.7. The average molecular weight is 268 g/mol. The Bertz CT molecular complexity index is 632. The van der Waals surface area contributed by atoms with Crippen molar-refractivity contribution in [3.8, 4) is 5.88 Å². The summed E-state index contributed by atoms with van der Waals surface area (Å²) in [5.41, 5.74) is 5.60. The normalized spacial score (nSPS) is 30.8. The Kier molecular flexibility index (Phi) is 2.55. The number of nitrogens with zero attached hydrogens (tertiary/aromatic N) is 1. The minimum absolute atomic E-state index is 0.00535. The Morgan fingerprint density at radius 2 is 2.30 bits per heavy atom. The monoisotopic (exact) mass is 268 g/mol. The smallest absolute Gasteiger partial charge is 0.213 e. The quantitative estimate of drug-likeness (QED) is 0.795. The zero-order valence-corrected chi connectivity index (χ0v) is 12.1. The summed E-state index contributed by atoms with van der Waals surface area (Å²) in [5.74, 6) is 1.23. The summed E-state index contributed by atoms with van der Waals surface area (Å²) in [4.78, 5) is 4.71. The molecule has 2 aliphatic carbocycles. The van der Waals surface area contributed by atoms with Gasteiger partial charge >= 0.3 is 0 Å². The molecular weight excluding hydrogens is 248 g/mol. The molecule has 0 saturated heterocycles. The molecule has 3 heteroatoms. The van der Waals surface area contributed by atoms with E-state index in [-0.39, 0.29) is 5.54 Å². The first-order valence-corrected chi connectivity index (χ1v) is 7.40. The third-order valence-electron chi connectivity index (χ3n) is 4.89. The van der Waals surface area contributed by atoms with Crippen LogP contribution in [-0.4, -0.2) is 18.6 Å². The van der Waals surface area contributed by atoms with E-state index in [2.05, 4.69) is 30.5 Å². The van der Waals surface area contributed by atoms with Crippen molar-refractivity contribution < 1.29 is 4.74 Å². The van der Waals surface area contributed by atoms with Crippen LogP contribution < -0.4 is 10.1 Å². The van der Waals surface area contributed by atoms with Gasteiger partial charge in [0.1, 0.15) is 0 Å². The van der Waals surface area contributed by atoms with Crippen LogP contribution in [0.5, 0.6) is 5.88 Å². The molecule has 0 spiro atoms. The lowest BCUT2D eigenvalue weighted by Crippen LogP contribution is -2.53. The van der Waals surface area contributed by atoms with Crippen LogP contribution in [0.3, 0.4) is 0 Å². The number of hydrogen-bond donors (Lipinski definition) is 1. The van der Waals surface area contributed by atoms with Crippen LogP contribution in [0, 0.1) is 5.92 Å². The minimum Gasteiger partial charge on any atom is -0.481 e. The van der Waals surface area contributed by atoms with Gasteiger partial charge in [-0.3, -0.25) is 0 Å². The molecule has 0 unspecified atom stereocenters. The third-order valence-corrected chi connectivity index (χ3v) is 4.89. The second-order valence-electron chi connectivity index (χ2n) is 6.13. The SMILES string of the molecule is COc1ccc2c(n1)C[C@@H]1C=C(C)C[C@]23NCCC=C13. The highest BCUT2D eigenvalue weighted by Gasteiger charge is 2.47. The molecule has 0 amide bonds. The number of hydrogen-bond acceptors (Lipinski definition) is 3. The Balaban J connectivity index is 1.94. The predicted molar refractivity (Wildman–Crippen MR) is 78.7 cm³/mol. The molecular formula is C17H20N2O. The second kappa shape index (κ2) is 4.19. The summed E-state index contributed by atoms with van der Waals surface area (Å²) in [6.45, 7) is 3.30. The molecule has 104 valence electrons. The van der Waals surface area contributed by atoms with E-state index < -0.39 is 0 Å². The van der Waals surface area contributed by atoms with Gasteiger partial charge in [-0.05, 0) is 43.5 Å². The fourth-order valence-electron chi connectivity index (χ4n) is 4.19. The molecule has 1 N–H and O–H groups in total. The maximum absolute atomic E-state index is 5.30. The average Bonchev–Trinajstić information content (AvgIpc) is 2.46. The van der Waals surface area contributed by atoms with E-state index in [0.29, 0.717) is 5.92 Å². The topological polar surface area (TPSA) is 34.1 Å². The summed E-state index contributed by atoms with van der Waals surface area (Å²) in [6.07, 6.45) is 8.09. The zero-order valence-electron chi connectivity index (χ0n) is 12.1. The van der Waals surface area contributed by atoms with Gasteiger partial charge in [0, 0.05) is 18.4 Å². The maximum atomic E-state index is 5.30. The first-order chi connectivity index (χ1) is 9.73. The molecule has 3 aliphatic rings. The van der Waals surface area contributed by atoms with Gasteiger partial charge in [0.2, 0.25) is 5.88 Å². The van der Waals surface area contributed by atoms with E-state index in [4.69, 9.17) is 9.72 Å². The molecule has 1 aromatic rings. The van der Waals surface area contributed by atoms with Gasteiger partial charge in [-0.25, -0.2) is 4.98 Å². The molecule has 0 fully saturated rings. The number of ether oxygens (including phenoxy) is 1. The number of pyridine rings is 1. The maximum Gasteiger partial charge on any atom is 0.213 e. The number of rotatable bonds is 1. The van der Waals surface area contributed by atoms with Crippen LogP contribution in [0.2, 0.25) is 0 Å². The van der Waals surface area contributed by atoms with Gasteiger partial charge in [0.05, 0.1) is 18.3 Å². The highest BCUT2D eigenvalue weighted by molar-refractivity contribution is 5.51. The fraction of sp³-hybridized carbons (Fsp3) is 0.471. The molecule has 1 aliphatic heterocycles. The summed E-state index contributed by atoms with van der Waals surface area (Å²) in [6, 6.07) is 4.21. The number of allylic oxidation sites excluding steroid dienone is 1. The Hall–Kier alpha value is -1.61. The van der Waals surface area contributed by atoms with Gasteiger partial charge in [-0.15, -0.1) is 0 Å². The molecule has 0 aromatic carbocycles.